The first-order chi connectivity index (χ1) is 13.7. The van der Waals surface area contributed by atoms with Crippen molar-refractivity contribution in [2.45, 2.75) is 38.1 Å². The van der Waals surface area contributed by atoms with Crippen molar-refractivity contribution in [2.75, 3.05) is 38.2 Å². The van der Waals surface area contributed by atoms with Gasteiger partial charge in [-0.05, 0) is 49.7 Å². The molecule has 1 saturated carbocycles. The summed E-state index contributed by atoms with van der Waals surface area (Å²) in [5.74, 6) is 2.81. The molecule has 1 aliphatic carbocycles. The third-order valence-electron chi connectivity index (χ3n) is 6.63. The van der Waals surface area contributed by atoms with E-state index in [4.69, 9.17) is 9.47 Å². The molecule has 7 nitrogen and oxygen atoms in total. The number of benzene rings is 1. The molecule has 3 amide bonds. The van der Waals surface area contributed by atoms with E-state index in [1.165, 1.54) is 19.3 Å². The van der Waals surface area contributed by atoms with Gasteiger partial charge in [-0.25, -0.2) is 4.79 Å². The van der Waals surface area contributed by atoms with Gasteiger partial charge in [0.2, 0.25) is 5.91 Å². The van der Waals surface area contributed by atoms with Gasteiger partial charge in [0.05, 0.1) is 0 Å². The molecule has 7 heteroatoms. The molecular formula is C21H27N3O4. The van der Waals surface area contributed by atoms with E-state index in [1.54, 1.807) is 23.1 Å². The van der Waals surface area contributed by atoms with E-state index in [0.29, 0.717) is 48.8 Å². The quantitative estimate of drug-likeness (QED) is 0.850. The molecule has 0 spiro atoms. The van der Waals surface area contributed by atoms with Crippen LogP contribution in [0, 0.1) is 11.8 Å². The van der Waals surface area contributed by atoms with Gasteiger partial charge in [0.15, 0.2) is 11.5 Å². The standard InChI is InChI=1S/C21H27N3O4/c25-20(23-12-14-3-1-4-15(14)13-23)17-5-2-8-24(17)21(26)22-16-6-7-18-19(11-16)28-10-9-27-18/h6-7,11,14-15,17H,1-5,8-10,12-13H2,(H,22,26)/t14?,15?,17-/m0/s1. The molecule has 3 aliphatic heterocycles. The van der Waals surface area contributed by atoms with Gasteiger partial charge in [-0.2, -0.15) is 0 Å². The van der Waals surface area contributed by atoms with Gasteiger partial charge in [0.1, 0.15) is 19.3 Å². The van der Waals surface area contributed by atoms with Crippen molar-refractivity contribution >= 4 is 17.6 Å². The lowest BCUT2D eigenvalue weighted by Gasteiger charge is -2.28. The van der Waals surface area contributed by atoms with Crippen molar-refractivity contribution in [1.29, 1.82) is 0 Å². The summed E-state index contributed by atoms with van der Waals surface area (Å²) < 4.78 is 11.1. The van der Waals surface area contributed by atoms with Gasteiger partial charge >= 0.3 is 6.03 Å². The van der Waals surface area contributed by atoms with E-state index in [0.717, 1.165) is 25.9 Å². The van der Waals surface area contributed by atoms with Crippen molar-refractivity contribution < 1.29 is 19.1 Å². The molecule has 3 atom stereocenters. The molecule has 2 unspecified atom stereocenters. The molecule has 0 bridgehead atoms. The first-order valence-corrected chi connectivity index (χ1v) is 10.4. The molecule has 5 rings (SSSR count). The van der Waals surface area contributed by atoms with Crippen LogP contribution >= 0.6 is 0 Å². The number of hydrogen-bond donors (Lipinski definition) is 1. The average molecular weight is 385 g/mol. The summed E-state index contributed by atoms with van der Waals surface area (Å²) in [6, 6.07) is 4.84. The number of hydrogen-bond acceptors (Lipinski definition) is 4. The van der Waals surface area contributed by atoms with Crippen LogP contribution in [0.2, 0.25) is 0 Å². The number of rotatable bonds is 2. The third-order valence-corrected chi connectivity index (χ3v) is 6.63. The van der Waals surface area contributed by atoms with Gasteiger partial charge in [0.25, 0.3) is 0 Å². The predicted molar refractivity (Wildman–Crippen MR) is 104 cm³/mol. The van der Waals surface area contributed by atoms with E-state index >= 15 is 0 Å². The molecule has 28 heavy (non-hydrogen) atoms. The van der Waals surface area contributed by atoms with Crippen LogP contribution in [-0.4, -0.2) is 60.6 Å². The Morgan fingerprint density at radius 2 is 1.71 bits per heavy atom. The number of ether oxygens (including phenoxy) is 2. The van der Waals surface area contributed by atoms with Crippen LogP contribution in [0.25, 0.3) is 0 Å². The highest BCUT2D eigenvalue weighted by Gasteiger charge is 2.43. The number of nitrogens with one attached hydrogen (secondary N) is 1. The maximum Gasteiger partial charge on any atom is 0.322 e. The minimum absolute atomic E-state index is 0.129. The lowest BCUT2D eigenvalue weighted by Crippen LogP contribution is -2.48. The van der Waals surface area contributed by atoms with Crippen LogP contribution in [0.3, 0.4) is 0 Å². The minimum Gasteiger partial charge on any atom is -0.486 e. The Morgan fingerprint density at radius 3 is 2.50 bits per heavy atom. The third kappa shape index (κ3) is 3.16. The Labute approximate surface area is 165 Å². The summed E-state index contributed by atoms with van der Waals surface area (Å²) in [5.41, 5.74) is 0.656. The topological polar surface area (TPSA) is 71.1 Å². The zero-order chi connectivity index (χ0) is 19.1. The average Bonchev–Trinajstić information content (AvgIpc) is 3.43. The van der Waals surface area contributed by atoms with Crippen LogP contribution in [0.15, 0.2) is 18.2 Å². The van der Waals surface area contributed by atoms with Crippen LogP contribution in [0.4, 0.5) is 10.5 Å². The van der Waals surface area contributed by atoms with E-state index in [-0.39, 0.29) is 18.0 Å². The fourth-order valence-electron chi connectivity index (χ4n) is 5.21. The molecule has 0 radical (unpaired) electrons. The maximum absolute atomic E-state index is 13.1. The maximum atomic E-state index is 13.1. The molecule has 2 saturated heterocycles. The monoisotopic (exact) mass is 385 g/mol. The summed E-state index contributed by atoms with van der Waals surface area (Å²) in [6.45, 7) is 3.40. The predicted octanol–water partition coefficient (Wildman–Crippen LogP) is 2.71. The van der Waals surface area contributed by atoms with E-state index in [9.17, 15) is 9.59 Å². The Balaban J connectivity index is 1.25. The molecule has 1 aromatic rings. The minimum atomic E-state index is -0.337. The van der Waals surface area contributed by atoms with Gasteiger partial charge < -0.3 is 24.6 Å². The van der Waals surface area contributed by atoms with E-state index < -0.39 is 0 Å². The second-order valence-corrected chi connectivity index (χ2v) is 8.33. The van der Waals surface area contributed by atoms with Crippen LogP contribution < -0.4 is 14.8 Å². The van der Waals surface area contributed by atoms with E-state index in [1.807, 2.05) is 4.90 Å². The lowest BCUT2D eigenvalue weighted by atomic mass is 10.0. The lowest BCUT2D eigenvalue weighted by molar-refractivity contribution is -0.134. The van der Waals surface area contributed by atoms with Gasteiger partial charge in [-0.1, -0.05) is 6.42 Å². The number of anilines is 1. The highest BCUT2D eigenvalue weighted by molar-refractivity contribution is 5.94. The van der Waals surface area contributed by atoms with Crippen LogP contribution in [-0.2, 0) is 4.79 Å². The van der Waals surface area contributed by atoms with Gasteiger partial charge in [-0.3, -0.25) is 4.79 Å². The Bertz CT molecular complexity index is 771. The SMILES string of the molecule is O=C([C@@H]1CCCN1C(=O)Nc1ccc2c(c1)OCCO2)N1CC2CCCC2C1. The summed E-state index contributed by atoms with van der Waals surface area (Å²) in [6.07, 6.45) is 5.40. The summed E-state index contributed by atoms with van der Waals surface area (Å²) >= 11 is 0. The summed E-state index contributed by atoms with van der Waals surface area (Å²) in [4.78, 5) is 29.7. The van der Waals surface area contributed by atoms with Crippen molar-refractivity contribution in [1.82, 2.24) is 9.80 Å². The number of nitrogens with zero attached hydrogens (tertiary/aromatic N) is 2. The molecule has 4 aliphatic rings. The number of likely N-dealkylation sites (tertiary alicyclic amines) is 2. The van der Waals surface area contributed by atoms with Gasteiger partial charge in [-0.15, -0.1) is 0 Å². The molecule has 3 fully saturated rings. The number of carbonyl (C=O) groups is 2. The summed E-state index contributed by atoms with van der Waals surface area (Å²) in [7, 11) is 0. The molecule has 150 valence electrons. The van der Waals surface area contributed by atoms with Crippen molar-refractivity contribution in [3.8, 4) is 11.5 Å². The van der Waals surface area contributed by atoms with Crippen LogP contribution in [0.1, 0.15) is 32.1 Å². The number of amides is 3. The zero-order valence-electron chi connectivity index (χ0n) is 16.1. The zero-order valence-corrected chi connectivity index (χ0v) is 16.1. The normalized spacial score (nSPS) is 28.4. The number of carbonyl (C=O) groups excluding carboxylic acids is 2. The molecule has 3 heterocycles. The van der Waals surface area contributed by atoms with Gasteiger partial charge in [0, 0.05) is 31.4 Å². The molecule has 1 aromatic carbocycles. The second kappa shape index (κ2) is 7.18. The number of fused-ring (bicyclic) bond motifs is 2. The highest BCUT2D eigenvalue weighted by atomic mass is 16.6. The first-order valence-electron chi connectivity index (χ1n) is 10.4. The Kier molecular flexibility index (Phi) is 4.53. The highest BCUT2D eigenvalue weighted by Crippen LogP contribution is 2.38. The smallest absolute Gasteiger partial charge is 0.322 e. The number of urea groups is 1. The van der Waals surface area contributed by atoms with Crippen molar-refractivity contribution in [3.63, 3.8) is 0 Å². The van der Waals surface area contributed by atoms with Crippen molar-refractivity contribution in [2.24, 2.45) is 11.8 Å². The molecule has 1 N–H and O–H groups in total. The largest absolute Gasteiger partial charge is 0.486 e. The second-order valence-electron chi connectivity index (χ2n) is 8.33. The fourth-order valence-corrected chi connectivity index (χ4v) is 5.21. The molecular weight excluding hydrogens is 358 g/mol. The summed E-state index contributed by atoms with van der Waals surface area (Å²) in [5, 5.41) is 2.93. The molecule has 0 aromatic heterocycles. The Hall–Kier alpha value is -2.44. The first kappa shape index (κ1) is 17.6. The fraction of sp³-hybridized carbons (Fsp3) is 0.619. The Morgan fingerprint density at radius 1 is 0.964 bits per heavy atom. The van der Waals surface area contributed by atoms with Crippen LogP contribution in [0.5, 0.6) is 11.5 Å². The van der Waals surface area contributed by atoms with Crippen molar-refractivity contribution in [3.05, 3.63) is 18.2 Å². The van der Waals surface area contributed by atoms with E-state index in [2.05, 4.69) is 5.32 Å².